The number of aromatic nitrogens is 2. The normalized spacial score (nSPS) is 16.9. The number of nitrogens with zero attached hydrogens (tertiary/aromatic N) is 3. The molecular formula is C29H39N5O4S2. The van der Waals surface area contributed by atoms with Crippen molar-refractivity contribution in [3.05, 3.63) is 59.4 Å². The second kappa shape index (κ2) is 12.2. The van der Waals surface area contributed by atoms with Crippen molar-refractivity contribution in [1.29, 1.82) is 0 Å². The Morgan fingerprint density at radius 3 is 2.50 bits per heavy atom. The van der Waals surface area contributed by atoms with Crippen LogP contribution in [0.1, 0.15) is 88.0 Å². The number of rotatable bonds is 8. The van der Waals surface area contributed by atoms with E-state index in [-0.39, 0.29) is 28.8 Å². The lowest BCUT2D eigenvalue weighted by atomic mass is 9.82. The molecule has 1 fully saturated rings. The second-order valence-electron chi connectivity index (χ2n) is 12.2. The van der Waals surface area contributed by atoms with Crippen LogP contribution < -0.4 is 10.6 Å². The molecule has 40 heavy (non-hydrogen) atoms. The van der Waals surface area contributed by atoms with E-state index < -0.39 is 6.09 Å². The van der Waals surface area contributed by atoms with E-state index >= 15 is 0 Å². The molecule has 0 radical (unpaired) electrons. The predicted molar refractivity (Wildman–Crippen MR) is 159 cm³/mol. The Kier molecular flexibility index (Phi) is 9.14. The van der Waals surface area contributed by atoms with Crippen molar-refractivity contribution in [3.63, 3.8) is 0 Å². The highest BCUT2D eigenvalue weighted by Crippen LogP contribution is 2.34. The van der Waals surface area contributed by atoms with Gasteiger partial charge in [-0.05, 0) is 36.0 Å². The summed E-state index contributed by atoms with van der Waals surface area (Å²) >= 11 is 3.24. The Bertz CT molecular complexity index is 1310. The summed E-state index contributed by atoms with van der Waals surface area (Å²) in [5.41, 5.74) is 1.06. The van der Waals surface area contributed by atoms with Crippen LogP contribution >= 0.6 is 23.1 Å². The van der Waals surface area contributed by atoms with Gasteiger partial charge < -0.3 is 25.1 Å². The summed E-state index contributed by atoms with van der Waals surface area (Å²) in [5, 5.41) is 16.2. The maximum atomic E-state index is 13.3. The van der Waals surface area contributed by atoms with E-state index in [9.17, 15) is 14.7 Å². The van der Waals surface area contributed by atoms with E-state index in [0.29, 0.717) is 30.3 Å². The number of oxazole rings is 1. The highest BCUT2D eigenvalue weighted by atomic mass is 32.2. The van der Waals surface area contributed by atoms with Crippen LogP contribution in [0.25, 0.3) is 0 Å². The molecule has 1 saturated heterocycles. The summed E-state index contributed by atoms with van der Waals surface area (Å²) in [6.07, 6.45) is 4.47. The number of hydrogen-bond acceptors (Lipinski definition) is 8. The molecule has 3 heterocycles. The monoisotopic (exact) mass is 585 g/mol. The quantitative estimate of drug-likeness (QED) is 0.247. The zero-order valence-corrected chi connectivity index (χ0v) is 25.6. The number of carbonyl (C=O) groups is 2. The molecule has 3 aromatic rings. The maximum absolute atomic E-state index is 13.3. The number of benzene rings is 1. The Balaban J connectivity index is 1.32. The lowest BCUT2D eigenvalue weighted by Crippen LogP contribution is -2.45. The van der Waals surface area contributed by atoms with E-state index in [4.69, 9.17) is 4.42 Å². The average Bonchev–Trinajstić information content (AvgIpc) is 3.55. The average molecular weight is 586 g/mol. The molecule has 1 aromatic carbocycles. The number of thioether (sulfide) groups is 1. The smallest absolute Gasteiger partial charge is 0.405 e. The summed E-state index contributed by atoms with van der Waals surface area (Å²) in [7, 11) is 0. The number of piperidine rings is 1. The molecule has 2 atom stereocenters. The first kappa shape index (κ1) is 29.9. The number of carboxylic acid groups (broad SMARTS) is 1. The van der Waals surface area contributed by atoms with Crippen molar-refractivity contribution < 1.29 is 19.1 Å². The van der Waals surface area contributed by atoms with E-state index in [1.165, 1.54) is 0 Å². The fraction of sp³-hybridized carbons (Fsp3) is 0.517. The topological polar surface area (TPSA) is 121 Å². The van der Waals surface area contributed by atoms with Gasteiger partial charge in [0.25, 0.3) is 5.91 Å². The fourth-order valence-corrected chi connectivity index (χ4v) is 6.43. The standard InChI is InChI=1S/C29H39N5O4S2/c1-28(2,3)21-14-30-22(38-21)17-39-23-15-31-26(40-23)32-20-8-7-13-34(16-20)25(35)19-11-9-18(10-12-19)24(29(4,5)6)33-27(36)37/h9-12,14-15,20,24,33H,7-8,13,16-17H2,1-6H3,(H,31,32)(H,36,37). The number of thiazole rings is 1. The number of nitrogens with one attached hydrogen (secondary N) is 2. The zero-order chi connectivity index (χ0) is 29.1. The van der Waals surface area contributed by atoms with Gasteiger partial charge in [0.1, 0.15) is 5.76 Å². The van der Waals surface area contributed by atoms with Gasteiger partial charge in [0.15, 0.2) is 5.13 Å². The molecule has 9 nitrogen and oxygen atoms in total. The van der Waals surface area contributed by atoms with Crippen molar-refractivity contribution in [1.82, 2.24) is 20.2 Å². The molecule has 3 N–H and O–H groups in total. The fourth-order valence-electron chi connectivity index (χ4n) is 4.63. The molecule has 11 heteroatoms. The maximum Gasteiger partial charge on any atom is 0.405 e. The third-order valence-corrected chi connectivity index (χ3v) is 8.88. The van der Waals surface area contributed by atoms with Gasteiger partial charge in [-0.1, -0.05) is 65.0 Å². The molecule has 2 amide bonds. The molecule has 1 aliphatic rings. The van der Waals surface area contributed by atoms with Crippen molar-refractivity contribution in [2.24, 2.45) is 5.41 Å². The van der Waals surface area contributed by atoms with Crippen molar-refractivity contribution in [3.8, 4) is 0 Å². The SMILES string of the molecule is CC(C)(C)c1cnc(CSc2cnc(NC3CCCN(C(=O)c4ccc(C(NC(=O)O)C(C)(C)C)cc4)C3)s2)o1. The van der Waals surface area contributed by atoms with E-state index in [1.54, 1.807) is 41.4 Å². The molecule has 4 rings (SSSR count). The van der Waals surface area contributed by atoms with Crippen molar-refractivity contribution >= 4 is 40.2 Å². The molecule has 1 aliphatic heterocycles. The Labute approximate surface area is 244 Å². The van der Waals surface area contributed by atoms with Gasteiger partial charge in [-0.3, -0.25) is 4.79 Å². The molecule has 2 unspecified atom stereocenters. The molecule has 2 aromatic heterocycles. The summed E-state index contributed by atoms with van der Waals surface area (Å²) in [6, 6.07) is 7.01. The van der Waals surface area contributed by atoms with Crippen LogP contribution in [0.2, 0.25) is 0 Å². The lowest BCUT2D eigenvalue weighted by molar-refractivity contribution is 0.0714. The van der Waals surface area contributed by atoms with Gasteiger partial charge in [0, 0.05) is 30.1 Å². The minimum absolute atomic E-state index is 0.0208. The zero-order valence-electron chi connectivity index (χ0n) is 24.0. The van der Waals surface area contributed by atoms with E-state index in [0.717, 1.165) is 33.5 Å². The highest BCUT2D eigenvalue weighted by molar-refractivity contribution is 8.00. The number of carbonyl (C=O) groups excluding carboxylic acids is 1. The van der Waals surface area contributed by atoms with Gasteiger partial charge in [0.05, 0.1) is 28.4 Å². The Morgan fingerprint density at radius 1 is 1.15 bits per heavy atom. The van der Waals surface area contributed by atoms with E-state index in [2.05, 4.69) is 41.4 Å². The van der Waals surface area contributed by atoms with Gasteiger partial charge >= 0.3 is 6.09 Å². The summed E-state index contributed by atoms with van der Waals surface area (Å²) < 4.78 is 6.97. The predicted octanol–water partition coefficient (Wildman–Crippen LogP) is 6.79. The minimum Gasteiger partial charge on any atom is -0.465 e. The third-order valence-electron chi connectivity index (χ3n) is 6.78. The minimum atomic E-state index is -1.07. The molecule has 0 saturated carbocycles. The molecule has 0 spiro atoms. The van der Waals surface area contributed by atoms with Crippen LogP contribution in [0.4, 0.5) is 9.93 Å². The first-order valence-electron chi connectivity index (χ1n) is 13.5. The third kappa shape index (κ3) is 7.78. The van der Waals surface area contributed by atoms with Gasteiger partial charge in [-0.25, -0.2) is 14.8 Å². The number of anilines is 1. The van der Waals surface area contributed by atoms with Crippen LogP contribution in [-0.2, 0) is 11.2 Å². The molecular weight excluding hydrogens is 546 g/mol. The largest absolute Gasteiger partial charge is 0.465 e. The summed E-state index contributed by atoms with van der Waals surface area (Å²) in [6.45, 7) is 13.6. The molecule has 0 aliphatic carbocycles. The van der Waals surface area contributed by atoms with Crippen LogP contribution in [0.5, 0.6) is 0 Å². The number of amides is 2. The molecule has 216 valence electrons. The van der Waals surface area contributed by atoms with Gasteiger partial charge in [-0.2, -0.15) is 0 Å². The van der Waals surface area contributed by atoms with Crippen LogP contribution in [0.15, 0.2) is 45.3 Å². The van der Waals surface area contributed by atoms with Crippen molar-refractivity contribution in [2.75, 3.05) is 18.4 Å². The number of hydrogen-bond donors (Lipinski definition) is 3. The van der Waals surface area contributed by atoms with Gasteiger partial charge in [0.2, 0.25) is 5.89 Å². The highest BCUT2D eigenvalue weighted by Gasteiger charge is 2.29. The van der Waals surface area contributed by atoms with Crippen LogP contribution in [-0.4, -0.2) is 51.1 Å². The van der Waals surface area contributed by atoms with E-state index in [1.807, 2.05) is 44.0 Å². The second-order valence-corrected chi connectivity index (χ2v) is 14.6. The molecule has 0 bridgehead atoms. The van der Waals surface area contributed by atoms with Crippen LogP contribution in [0.3, 0.4) is 0 Å². The number of likely N-dealkylation sites (tertiary alicyclic amines) is 1. The van der Waals surface area contributed by atoms with Gasteiger partial charge in [-0.15, -0.1) is 11.8 Å². The van der Waals surface area contributed by atoms with Crippen LogP contribution in [0, 0.1) is 5.41 Å². The first-order valence-corrected chi connectivity index (χ1v) is 15.3. The summed E-state index contributed by atoms with van der Waals surface area (Å²) in [5.74, 6) is 2.21. The Morgan fingerprint density at radius 2 is 1.88 bits per heavy atom. The van der Waals surface area contributed by atoms with Crippen molar-refractivity contribution in [2.45, 2.75) is 81.8 Å². The lowest BCUT2D eigenvalue weighted by Gasteiger charge is -2.33. The first-order chi connectivity index (χ1) is 18.8. The summed E-state index contributed by atoms with van der Waals surface area (Å²) in [4.78, 5) is 35.4. The Hall–Kier alpha value is -3.05.